The Bertz CT molecular complexity index is 1260. The third-order valence-electron chi connectivity index (χ3n) is 6.50. The summed E-state index contributed by atoms with van der Waals surface area (Å²) in [5, 5.41) is 15.1. The molecule has 2 heterocycles. The highest BCUT2D eigenvalue weighted by molar-refractivity contribution is 6.08. The van der Waals surface area contributed by atoms with Crippen LogP contribution in [0.25, 0.3) is 10.9 Å². The minimum atomic E-state index is -1.02. The Morgan fingerprint density at radius 3 is 2.43 bits per heavy atom. The van der Waals surface area contributed by atoms with Gasteiger partial charge in [0.25, 0.3) is 5.91 Å². The molecular weight excluding hydrogens is 472 g/mol. The number of hydrogen-bond acceptors (Lipinski definition) is 6. The van der Waals surface area contributed by atoms with Gasteiger partial charge in [0.2, 0.25) is 5.91 Å². The Morgan fingerprint density at radius 1 is 0.973 bits per heavy atom. The summed E-state index contributed by atoms with van der Waals surface area (Å²) in [5.74, 6) is -0.419. The quantitative estimate of drug-likeness (QED) is 0.309. The molecule has 0 radical (unpaired) electrons. The van der Waals surface area contributed by atoms with Crippen molar-refractivity contribution in [3.8, 4) is 0 Å². The van der Waals surface area contributed by atoms with Crippen LogP contribution in [0, 0.1) is 0 Å². The third kappa shape index (κ3) is 6.66. The van der Waals surface area contributed by atoms with Gasteiger partial charge in [0.15, 0.2) is 0 Å². The van der Waals surface area contributed by atoms with Gasteiger partial charge in [-0.1, -0.05) is 24.6 Å². The van der Waals surface area contributed by atoms with Gasteiger partial charge >= 0.3 is 6.09 Å². The molecule has 1 fully saturated rings. The van der Waals surface area contributed by atoms with Gasteiger partial charge in [0.05, 0.1) is 16.8 Å². The van der Waals surface area contributed by atoms with Gasteiger partial charge in [-0.2, -0.15) is 0 Å². The molecule has 1 aliphatic rings. The van der Waals surface area contributed by atoms with Crippen molar-refractivity contribution in [1.82, 2.24) is 15.2 Å². The van der Waals surface area contributed by atoms with E-state index in [1.54, 1.807) is 0 Å². The molecule has 0 aliphatic carbocycles. The fourth-order valence-corrected chi connectivity index (χ4v) is 4.51. The SMILES string of the molecule is NC(=O)c1cnc2ccc(N3CCN(C(=O)CCCCCNC(=O)O)CC3)cc2c1Nc1ccccc1. The normalized spacial score (nSPS) is 13.4. The topological polar surface area (TPSA) is 141 Å². The largest absolute Gasteiger partial charge is 0.465 e. The number of fused-ring (bicyclic) bond motifs is 1. The first-order valence-electron chi connectivity index (χ1n) is 12.5. The van der Waals surface area contributed by atoms with E-state index >= 15 is 0 Å². The lowest BCUT2D eigenvalue weighted by atomic mass is 10.1. The summed E-state index contributed by atoms with van der Waals surface area (Å²) in [4.78, 5) is 43.8. The highest BCUT2D eigenvalue weighted by Crippen LogP contribution is 2.32. The van der Waals surface area contributed by atoms with Gasteiger partial charge in [-0.05, 0) is 43.2 Å². The molecule has 3 amide bonds. The summed E-state index contributed by atoms with van der Waals surface area (Å²) in [6, 6.07) is 15.6. The number of hydrogen-bond donors (Lipinski definition) is 4. The number of rotatable bonds is 10. The van der Waals surface area contributed by atoms with Crippen molar-refractivity contribution in [3.63, 3.8) is 0 Å². The molecule has 5 N–H and O–H groups in total. The molecule has 37 heavy (non-hydrogen) atoms. The van der Waals surface area contributed by atoms with Crippen LogP contribution in [0.4, 0.5) is 21.9 Å². The van der Waals surface area contributed by atoms with Crippen molar-refractivity contribution in [2.45, 2.75) is 25.7 Å². The van der Waals surface area contributed by atoms with Crippen LogP contribution >= 0.6 is 0 Å². The average Bonchev–Trinajstić information content (AvgIpc) is 2.91. The van der Waals surface area contributed by atoms with Crippen molar-refractivity contribution in [2.24, 2.45) is 5.73 Å². The molecule has 10 nitrogen and oxygen atoms in total. The number of unbranched alkanes of at least 4 members (excludes halogenated alkanes) is 2. The van der Waals surface area contributed by atoms with Crippen LogP contribution in [0.15, 0.2) is 54.7 Å². The lowest BCUT2D eigenvalue weighted by molar-refractivity contribution is -0.131. The molecule has 0 saturated carbocycles. The zero-order chi connectivity index (χ0) is 26.2. The van der Waals surface area contributed by atoms with Crippen molar-refractivity contribution < 1.29 is 19.5 Å². The minimum Gasteiger partial charge on any atom is -0.465 e. The molecule has 4 rings (SSSR count). The number of carboxylic acid groups (broad SMARTS) is 1. The fraction of sp³-hybridized carbons (Fsp3) is 0.333. The molecule has 10 heteroatoms. The summed E-state index contributed by atoms with van der Waals surface area (Å²) in [5.41, 5.74) is 9.19. The van der Waals surface area contributed by atoms with E-state index in [9.17, 15) is 14.4 Å². The van der Waals surface area contributed by atoms with Gasteiger partial charge in [0.1, 0.15) is 0 Å². The zero-order valence-corrected chi connectivity index (χ0v) is 20.7. The van der Waals surface area contributed by atoms with E-state index in [0.717, 1.165) is 41.5 Å². The average molecular weight is 505 g/mol. The number of piperazine rings is 1. The highest BCUT2D eigenvalue weighted by Gasteiger charge is 2.22. The molecule has 0 spiro atoms. The maximum Gasteiger partial charge on any atom is 0.404 e. The van der Waals surface area contributed by atoms with Crippen molar-refractivity contribution in [1.29, 1.82) is 0 Å². The first-order chi connectivity index (χ1) is 17.9. The molecule has 0 unspecified atom stereocenters. The van der Waals surface area contributed by atoms with Gasteiger partial charge in [-0.15, -0.1) is 0 Å². The summed E-state index contributed by atoms with van der Waals surface area (Å²) < 4.78 is 0. The second kappa shape index (κ2) is 12.1. The number of carbonyl (C=O) groups is 3. The van der Waals surface area contributed by atoms with Crippen LogP contribution in [0.2, 0.25) is 0 Å². The summed E-state index contributed by atoms with van der Waals surface area (Å²) in [7, 11) is 0. The standard InChI is InChI=1S/C27H32N6O4/c28-26(35)22-18-30-23-11-10-20(17-21(23)25(22)31-19-7-3-1-4-8-19)32-13-15-33(16-14-32)24(34)9-5-2-6-12-29-27(36)37/h1,3-4,7-8,10-11,17-18,29H,2,5-6,9,12-16H2,(H2,28,35)(H,30,31)(H,36,37). The van der Waals surface area contributed by atoms with Crippen LogP contribution in [0.1, 0.15) is 36.0 Å². The van der Waals surface area contributed by atoms with E-state index in [1.165, 1.54) is 6.20 Å². The van der Waals surface area contributed by atoms with Gasteiger partial charge in [-0.25, -0.2) is 4.79 Å². The molecule has 194 valence electrons. The number of primary amides is 1. The molecule has 2 aromatic carbocycles. The van der Waals surface area contributed by atoms with Crippen LogP contribution in [0.5, 0.6) is 0 Å². The van der Waals surface area contributed by atoms with E-state index in [-0.39, 0.29) is 5.91 Å². The molecule has 0 atom stereocenters. The van der Waals surface area contributed by atoms with Crippen LogP contribution in [0.3, 0.4) is 0 Å². The van der Waals surface area contributed by atoms with Crippen LogP contribution < -0.4 is 21.3 Å². The van der Waals surface area contributed by atoms with E-state index in [1.807, 2.05) is 53.4 Å². The van der Waals surface area contributed by atoms with Crippen LogP contribution in [-0.4, -0.2) is 65.6 Å². The summed E-state index contributed by atoms with van der Waals surface area (Å²) in [6.45, 7) is 3.07. The first-order valence-corrected chi connectivity index (χ1v) is 12.5. The number of pyridine rings is 1. The van der Waals surface area contributed by atoms with Gasteiger partial charge in [-0.3, -0.25) is 14.6 Å². The molecule has 3 aromatic rings. The van der Waals surface area contributed by atoms with E-state index in [0.29, 0.717) is 50.4 Å². The van der Waals surface area contributed by atoms with Crippen molar-refractivity contribution in [2.75, 3.05) is 42.9 Å². The number of nitrogens with one attached hydrogen (secondary N) is 2. The monoisotopic (exact) mass is 504 g/mol. The lowest BCUT2D eigenvalue weighted by Gasteiger charge is -2.36. The van der Waals surface area contributed by atoms with Gasteiger partial charge in [0, 0.05) is 62.1 Å². The van der Waals surface area contributed by atoms with Crippen molar-refractivity contribution >= 4 is 45.9 Å². The highest BCUT2D eigenvalue weighted by atomic mass is 16.4. The Labute approximate surface area is 215 Å². The molecule has 1 aliphatic heterocycles. The predicted octanol–water partition coefficient (Wildman–Crippen LogP) is 3.55. The number of para-hydroxylation sites is 1. The smallest absolute Gasteiger partial charge is 0.404 e. The number of nitrogens with two attached hydrogens (primary N) is 1. The molecule has 1 saturated heterocycles. The molecule has 1 aromatic heterocycles. The Hall–Kier alpha value is -4.34. The van der Waals surface area contributed by atoms with E-state index in [2.05, 4.69) is 20.5 Å². The summed E-state index contributed by atoms with van der Waals surface area (Å²) in [6.07, 6.45) is 3.24. The fourth-order valence-electron chi connectivity index (χ4n) is 4.51. The third-order valence-corrected chi connectivity index (χ3v) is 6.50. The second-order valence-corrected chi connectivity index (χ2v) is 9.01. The number of benzene rings is 2. The first kappa shape index (κ1) is 25.7. The minimum absolute atomic E-state index is 0.133. The Balaban J connectivity index is 1.41. The maximum atomic E-state index is 12.6. The number of amides is 3. The molecule has 0 bridgehead atoms. The molecular formula is C27H32N6O4. The van der Waals surface area contributed by atoms with Gasteiger partial charge < -0.3 is 31.3 Å². The number of carbonyl (C=O) groups excluding carboxylic acids is 2. The second-order valence-electron chi connectivity index (χ2n) is 9.01. The van der Waals surface area contributed by atoms with E-state index < -0.39 is 12.0 Å². The predicted molar refractivity (Wildman–Crippen MR) is 143 cm³/mol. The van der Waals surface area contributed by atoms with E-state index in [4.69, 9.17) is 10.8 Å². The summed E-state index contributed by atoms with van der Waals surface area (Å²) >= 11 is 0. The maximum absolute atomic E-state index is 12.6. The zero-order valence-electron chi connectivity index (χ0n) is 20.7. The lowest BCUT2D eigenvalue weighted by Crippen LogP contribution is -2.48. The number of anilines is 3. The number of aromatic nitrogens is 1. The van der Waals surface area contributed by atoms with Crippen LogP contribution in [-0.2, 0) is 4.79 Å². The number of nitrogens with zero attached hydrogens (tertiary/aromatic N) is 3. The Kier molecular flexibility index (Phi) is 8.40. The Morgan fingerprint density at radius 2 is 1.73 bits per heavy atom. The van der Waals surface area contributed by atoms with Crippen molar-refractivity contribution in [3.05, 3.63) is 60.3 Å².